The first-order chi connectivity index (χ1) is 16.3. The van der Waals surface area contributed by atoms with Gasteiger partial charge in [-0.25, -0.2) is 9.97 Å². The number of aryl methyl sites for hydroxylation is 1. The lowest BCUT2D eigenvalue weighted by atomic mass is 10.1. The summed E-state index contributed by atoms with van der Waals surface area (Å²) in [6, 6.07) is 9.40. The number of rotatable bonds is 4. The molecule has 0 radical (unpaired) electrons. The van der Waals surface area contributed by atoms with E-state index in [9.17, 15) is 18.0 Å². The van der Waals surface area contributed by atoms with Crippen molar-refractivity contribution in [1.82, 2.24) is 34.8 Å². The Morgan fingerprint density at radius 2 is 1.76 bits per heavy atom. The molecule has 0 unspecified atom stereocenters. The SMILES string of the molecule is COc1ccnc(-c2nnc(-c3c(C)nc4c(-c5ccccc5)c(C(F)(F)F)[nH]n4c3=O)o2)n1. The summed E-state index contributed by atoms with van der Waals surface area (Å²) in [5.41, 5.74) is -2.16. The molecule has 5 rings (SSSR count). The standard InChI is InChI=1S/C21H14F3N7O3/c1-10-13(18-28-29-19(34-18)16-25-9-8-12(27-16)33-2)20(32)31-17(26-10)14(11-6-4-3-5-7-11)15(30-31)21(22,23)24/h3-9,30H,1-2H3. The third-order valence-electron chi connectivity index (χ3n) is 4.98. The van der Waals surface area contributed by atoms with E-state index in [0.717, 1.165) is 4.52 Å². The van der Waals surface area contributed by atoms with Gasteiger partial charge >= 0.3 is 6.18 Å². The quantitative estimate of drug-likeness (QED) is 0.424. The maximum absolute atomic E-state index is 13.8. The minimum Gasteiger partial charge on any atom is -0.481 e. The molecule has 0 aliphatic rings. The number of ether oxygens (including phenoxy) is 1. The van der Waals surface area contributed by atoms with E-state index in [4.69, 9.17) is 9.15 Å². The topological polar surface area (TPSA) is 124 Å². The number of hydrogen-bond donors (Lipinski definition) is 1. The molecule has 5 aromatic rings. The molecule has 0 spiro atoms. The van der Waals surface area contributed by atoms with Crippen LogP contribution >= 0.6 is 0 Å². The Morgan fingerprint density at radius 1 is 1.03 bits per heavy atom. The lowest BCUT2D eigenvalue weighted by Gasteiger charge is -2.07. The molecule has 13 heteroatoms. The highest BCUT2D eigenvalue weighted by atomic mass is 19.4. The van der Waals surface area contributed by atoms with Gasteiger partial charge in [0.1, 0.15) is 11.3 Å². The van der Waals surface area contributed by atoms with Crippen LogP contribution in [0.5, 0.6) is 5.88 Å². The van der Waals surface area contributed by atoms with Crippen molar-refractivity contribution in [2.45, 2.75) is 13.1 Å². The number of H-pyrrole nitrogens is 1. The van der Waals surface area contributed by atoms with E-state index < -0.39 is 17.4 Å². The van der Waals surface area contributed by atoms with Crippen LogP contribution in [-0.4, -0.2) is 41.9 Å². The van der Waals surface area contributed by atoms with E-state index in [2.05, 4.69) is 30.2 Å². The number of nitrogens with zero attached hydrogens (tertiary/aromatic N) is 6. The van der Waals surface area contributed by atoms with Crippen LogP contribution in [0.2, 0.25) is 0 Å². The van der Waals surface area contributed by atoms with E-state index in [0.29, 0.717) is 0 Å². The molecule has 172 valence electrons. The van der Waals surface area contributed by atoms with Crippen LogP contribution in [0.15, 0.2) is 51.8 Å². The molecule has 0 saturated heterocycles. The summed E-state index contributed by atoms with van der Waals surface area (Å²) in [7, 11) is 1.42. The summed E-state index contributed by atoms with van der Waals surface area (Å²) in [6.07, 6.45) is -3.35. The van der Waals surface area contributed by atoms with Crippen molar-refractivity contribution in [3.63, 3.8) is 0 Å². The monoisotopic (exact) mass is 469 g/mol. The molecule has 1 aromatic carbocycles. The number of aromatic nitrogens is 7. The van der Waals surface area contributed by atoms with E-state index >= 15 is 0 Å². The van der Waals surface area contributed by atoms with Crippen LogP contribution in [0.1, 0.15) is 11.4 Å². The minimum atomic E-state index is -4.76. The average Bonchev–Trinajstić information content (AvgIpc) is 3.45. The van der Waals surface area contributed by atoms with Crippen molar-refractivity contribution in [1.29, 1.82) is 0 Å². The van der Waals surface area contributed by atoms with Gasteiger partial charge in [-0.1, -0.05) is 30.3 Å². The molecule has 0 saturated carbocycles. The summed E-state index contributed by atoms with van der Waals surface area (Å²) < 4.78 is 52.8. The molecule has 0 amide bonds. The van der Waals surface area contributed by atoms with Gasteiger partial charge in [0, 0.05) is 12.3 Å². The summed E-state index contributed by atoms with van der Waals surface area (Å²) in [5.74, 6) is -0.0421. The number of fused-ring (bicyclic) bond motifs is 1. The number of benzene rings is 1. The largest absolute Gasteiger partial charge is 0.481 e. The van der Waals surface area contributed by atoms with Gasteiger partial charge in [-0.3, -0.25) is 9.89 Å². The minimum absolute atomic E-state index is 0.0514. The smallest absolute Gasteiger partial charge is 0.433 e. The Balaban J connectivity index is 1.71. The highest BCUT2D eigenvalue weighted by Crippen LogP contribution is 2.38. The summed E-state index contributed by atoms with van der Waals surface area (Å²) >= 11 is 0. The fraction of sp³-hybridized carbons (Fsp3) is 0.143. The van der Waals surface area contributed by atoms with Crippen molar-refractivity contribution < 1.29 is 22.3 Å². The Morgan fingerprint density at radius 3 is 2.47 bits per heavy atom. The molecule has 0 bridgehead atoms. The Bertz CT molecular complexity index is 1570. The molecule has 0 fully saturated rings. The van der Waals surface area contributed by atoms with E-state index in [1.807, 2.05) is 0 Å². The first kappa shape index (κ1) is 21.3. The van der Waals surface area contributed by atoms with Crippen molar-refractivity contribution >= 4 is 5.65 Å². The van der Waals surface area contributed by atoms with Gasteiger partial charge in [-0.15, -0.1) is 10.2 Å². The predicted molar refractivity (Wildman–Crippen MR) is 112 cm³/mol. The lowest BCUT2D eigenvalue weighted by molar-refractivity contribution is -0.140. The molecule has 1 N–H and O–H groups in total. The zero-order valence-electron chi connectivity index (χ0n) is 17.6. The second kappa shape index (κ2) is 7.79. The van der Waals surface area contributed by atoms with Crippen LogP contribution in [0.3, 0.4) is 0 Å². The highest BCUT2D eigenvalue weighted by Gasteiger charge is 2.38. The van der Waals surface area contributed by atoms with Crippen molar-refractivity contribution in [3.8, 4) is 40.2 Å². The van der Waals surface area contributed by atoms with Crippen LogP contribution in [0.25, 0.3) is 39.9 Å². The summed E-state index contributed by atoms with van der Waals surface area (Å²) in [5, 5.41) is 9.85. The predicted octanol–water partition coefficient (Wildman–Crippen LogP) is 3.53. The summed E-state index contributed by atoms with van der Waals surface area (Å²) in [6.45, 7) is 1.47. The number of halogens is 3. The van der Waals surface area contributed by atoms with Gasteiger partial charge < -0.3 is 9.15 Å². The first-order valence-electron chi connectivity index (χ1n) is 9.77. The van der Waals surface area contributed by atoms with Crippen LogP contribution in [-0.2, 0) is 6.18 Å². The first-order valence-corrected chi connectivity index (χ1v) is 9.77. The highest BCUT2D eigenvalue weighted by molar-refractivity contribution is 5.81. The zero-order chi connectivity index (χ0) is 24.0. The van der Waals surface area contributed by atoms with Gasteiger partial charge in [0.15, 0.2) is 5.65 Å². The normalized spacial score (nSPS) is 11.8. The Hall–Kier alpha value is -4.55. The number of aromatic amines is 1. The fourth-order valence-electron chi connectivity index (χ4n) is 3.48. The fourth-order valence-corrected chi connectivity index (χ4v) is 3.48. The maximum atomic E-state index is 13.8. The molecule has 4 heterocycles. The van der Waals surface area contributed by atoms with Gasteiger partial charge in [0.05, 0.1) is 18.4 Å². The number of hydrogen-bond acceptors (Lipinski definition) is 8. The zero-order valence-corrected chi connectivity index (χ0v) is 17.6. The van der Waals surface area contributed by atoms with Crippen LogP contribution < -0.4 is 10.3 Å². The van der Waals surface area contributed by atoms with Crippen molar-refractivity contribution in [2.75, 3.05) is 7.11 Å². The van der Waals surface area contributed by atoms with Crippen molar-refractivity contribution in [2.24, 2.45) is 0 Å². The summed E-state index contributed by atoms with van der Waals surface area (Å²) in [4.78, 5) is 25.6. The third kappa shape index (κ3) is 3.46. The Kier molecular flexibility index (Phi) is 4.88. The Labute approximate surface area is 188 Å². The third-order valence-corrected chi connectivity index (χ3v) is 4.98. The number of nitrogens with one attached hydrogen (secondary N) is 1. The number of methoxy groups -OCH3 is 1. The molecule has 0 atom stereocenters. The van der Waals surface area contributed by atoms with E-state index in [-0.39, 0.29) is 51.5 Å². The molecular formula is C21H14F3N7O3. The average molecular weight is 469 g/mol. The second-order valence-electron chi connectivity index (χ2n) is 7.10. The number of alkyl halides is 3. The lowest BCUT2D eigenvalue weighted by Crippen LogP contribution is -2.20. The van der Waals surface area contributed by atoms with E-state index in [1.165, 1.54) is 38.4 Å². The molecule has 0 aliphatic carbocycles. The molecular weight excluding hydrogens is 455 g/mol. The van der Waals surface area contributed by atoms with Crippen molar-refractivity contribution in [3.05, 3.63) is 64.3 Å². The molecule has 10 nitrogen and oxygen atoms in total. The molecule has 0 aliphatic heterocycles. The van der Waals surface area contributed by atoms with Crippen LogP contribution in [0.4, 0.5) is 13.2 Å². The van der Waals surface area contributed by atoms with E-state index in [1.54, 1.807) is 18.2 Å². The maximum Gasteiger partial charge on any atom is 0.433 e. The van der Waals surface area contributed by atoms with Gasteiger partial charge in [-0.2, -0.15) is 22.7 Å². The molecule has 4 aromatic heterocycles. The van der Waals surface area contributed by atoms with Gasteiger partial charge in [0.25, 0.3) is 17.3 Å². The second-order valence-corrected chi connectivity index (χ2v) is 7.10. The van der Waals surface area contributed by atoms with Gasteiger partial charge in [-0.05, 0) is 12.5 Å². The molecule has 34 heavy (non-hydrogen) atoms. The van der Waals surface area contributed by atoms with Gasteiger partial charge in [0.2, 0.25) is 11.7 Å². The van der Waals surface area contributed by atoms with Crippen LogP contribution in [0, 0.1) is 6.92 Å².